The number of rotatable bonds is 9. The highest BCUT2D eigenvalue weighted by Crippen LogP contribution is 2.16. The molecule has 116 valence electrons. The van der Waals surface area contributed by atoms with E-state index >= 15 is 0 Å². The molecule has 6 heteroatoms. The average Bonchev–Trinajstić information content (AvgIpc) is 2.48. The van der Waals surface area contributed by atoms with E-state index in [1.54, 1.807) is 6.07 Å². The molecule has 0 saturated heterocycles. The largest absolute Gasteiger partial charge is 0.345 e. The zero-order valence-corrected chi connectivity index (χ0v) is 12.7. The van der Waals surface area contributed by atoms with Gasteiger partial charge >= 0.3 is 0 Å². The number of nitrogens with one attached hydrogen (secondary N) is 1. The van der Waals surface area contributed by atoms with Gasteiger partial charge in [0.25, 0.3) is 0 Å². The fraction of sp³-hybridized carbons (Fsp3) is 0.467. The zero-order chi connectivity index (χ0) is 15.7. The maximum absolute atomic E-state index is 11.9. The van der Waals surface area contributed by atoms with Crippen molar-refractivity contribution in [1.82, 2.24) is 5.32 Å². The van der Waals surface area contributed by atoms with Gasteiger partial charge in [0, 0.05) is 11.4 Å². The maximum atomic E-state index is 11.9. The lowest BCUT2D eigenvalue weighted by Crippen LogP contribution is -2.46. The highest BCUT2D eigenvalue weighted by molar-refractivity contribution is 6.31. The Morgan fingerprint density at radius 1 is 1.33 bits per heavy atom. The third kappa shape index (κ3) is 6.25. The molecule has 5 N–H and O–H groups in total. The van der Waals surface area contributed by atoms with Gasteiger partial charge in [-0.3, -0.25) is 4.79 Å². The first-order chi connectivity index (χ1) is 10.1. The third-order valence-electron chi connectivity index (χ3n) is 3.20. The summed E-state index contributed by atoms with van der Waals surface area (Å²) in [6.07, 6.45) is 3.23. The number of nitrogens with two attached hydrogens (primary N) is 2. The first-order valence-corrected chi connectivity index (χ1v) is 7.41. The number of carbonyl (C=O) groups excluding carboxylic acids is 2. The van der Waals surface area contributed by atoms with Gasteiger partial charge in [-0.05, 0) is 31.0 Å². The standard InChI is InChI=1S/C15H22ClN3O2/c16-13-6-2-1-5-11(13)9-12(10-20)19-15(21)14(18)7-3-4-8-17/h1-2,5-6,10,12,14H,3-4,7-9,17-18H2,(H,19,21)/t12-,14-/m0/s1. The molecule has 5 nitrogen and oxygen atoms in total. The Morgan fingerprint density at radius 2 is 2.05 bits per heavy atom. The van der Waals surface area contributed by atoms with Crippen LogP contribution in [0.5, 0.6) is 0 Å². The summed E-state index contributed by atoms with van der Waals surface area (Å²) >= 11 is 6.04. The van der Waals surface area contributed by atoms with Crippen molar-refractivity contribution in [3.63, 3.8) is 0 Å². The number of hydrogen-bond donors (Lipinski definition) is 3. The predicted octanol–water partition coefficient (Wildman–Crippen LogP) is 1.02. The SMILES string of the molecule is NCCCC[C@H](N)C(=O)N[C@H](C=O)Cc1ccccc1Cl. The summed E-state index contributed by atoms with van der Waals surface area (Å²) in [7, 11) is 0. The molecule has 1 amide bonds. The Labute approximate surface area is 130 Å². The van der Waals surface area contributed by atoms with Crippen molar-refractivity contribution in [2.24, 2.45) is 11.5 Å². The molecule has 1 rings (SSSR count). The van der Waals surface area contributed by atoms with Crippen molar-refractivity contribution >= 4 is 23.8 Å². The summed E-state index contributed by atoms with van der Waals surface area (Å²) in [5, 5.41) is 3.22. The third-order valence-corrected chi connectivity index (χ3v) is 3.56. The second-order valence-electron chi connectivity index (χ2n) is 4.94. The molecule has 1 aromatic rings. The number of carbonyl (C=O) groups is 2. The lowest BCUT2D eigenvalue weighted by Gasteiger charge is -2.17. The second kappa shape index (κ2) is 9.50. The Hall–Kier alpha value is -1.43. The number of hydrogen-bond acceptors (Lipinski definition) is 4. The average molecular weight is 312 g/mol. The van der Waals surface area contributed by atoms with E-state index in [0.29, 0.717) is 30.7 Å². The van der Waals surface area contributed by atoms with Crippen LogP contribution in [0, 0.1) is 0 Å². The van der Waals surface area contributed by atoms with Gasteiger partial charge in [0.15, 0.2) is 0 Å². The summed E-state index contributed by atoms with van der Waals surface area (Å²) in [6, 6.07) is 5.98. The first kappa shape index (κ1) is 17.6. The Kier molecular flexibility index (Phi) is 7.97. The summed E-state index contributed by atoms with van der Waals surface area (Å²) < 4.78 is 0. The van der Waals surface area contributed by atoms with E-state index in [-0.39, 0.29) is 5.91 Å². The fourth-order valence-corrected chi connectivity index (χ4v) is 2.18. The molecule has 1 aromatic carbocycles. The Morgan fingerprint density at radius 3 is 2.67 bits per heavy atom. The highest BCUT2D eigenvalue weighted by Gasteiger charge is 2.18. The number of amides is 1. The summed E-state index contributed by atoms with van der Waals surface area (Å²) in [5.74, 6) is -0.323. The lowest BCUT2D eigenvalue weighted by molar-refractivity contribution is -0.125. The van der Waals surface area contributed by atoms with E-state index in [2.05, 4.69) is 5.32 Å². The molecule has 21 heavy (non-hydrogen) atoms. The molecule has 0 heterocycles. The van der Waals surface area contributed by atoms with E-state index in [1.807, 2.05) is 18.2 Å². The minimum atomic E-state index is -0.627. The van der Waals surface area contributed by atoms with Gasteiger partial charge in [0.1, 0.15) is 6.29 Å². The van der Waals surface area contributed by atoms with Gasteiger partial charge in [0.2, 0.25) is 5.91 Å². The first-order valence-electron chi connectivity index (χ1n) is 7.03. The van der Waals surface area contributed by atoms with Crippen LogP contribution < -0.4 is 16.8 Å². The molecule has 0 aromatic heterocycles. The molecule has 0 unspecified atom stereocenters. The monoisotopic (exact) mass is 311 g/mol. The number of unbranched alkanes of at least 4 members (excludes halogenated alkanes) is 1. The van der Waals surface area contributed by atoms with E-state index in [1.165, 1.54) is 0 Å². The van der Waals surface area contributed by atoms with E-state index < -0.39 is 12.1 Å². The molecule has 0 aliphatic rings. The molecule has 0 aliphatic carbocycles. The van der Waals surface area contributed by atoms with Crippen molar-refractivity contribution in [2.75, 3.05) is 6.54 Å². The van der Waals surface area contributed by atoms with E-state index in [0.717, 1.165) is 18.4 Å². The van der Waals surface area contributed by atoms with E-state index in [4.69, 9.17) is 23.1 Å². The number of aldehydes is 1. The Balaban J connectivity index is 2.52. The van der Waals surface area contributed by atoms with Crippen LogP contribution in [0.1, 0.15) is 24.8 Å². The van der Waals surface area contributed by atoms with Crippen LogP contribution in [0.25, 0.3) is 0 Å². The normalized spacial score (nSPS) is 13.5. The van der Waals surface area contributed by atoms with Crippen LogP contribution in [0.15, 0.2) is 24.3 Å². The quantitative estimate of drug-likeness (QED) is 0.468. The number of benzene rings is 1. The van der Waals surface area contributed by atoms with Gasteiger partial charge in [-0.2, -0.15) is 0 Å². The van der Waals surface area contributed by atoms with Crippen molar-refractivity contribution in [3.8, 4) is 0 Å². The second-order valence-corrected chi connectivity index (χ2v) is 5.34. The molecule has 0 spiro atoms. The van der Waals surface area contributed by atoms with Crippen LogP contribution in [-0.2, 0) is 16.0 Å². The van der Waals surface area contributed by atoms with Gasteiger partial charge in [-0.25, -0.2) is 0 Å². The van der Waals surface area contributed by atoms with Crippen molar-refractivity contribution in [3.05, 3.63) is 34.9 Å². The van der Waals surface area contributed by atoms with E-state index in [9.17, 15) is 9.59 Å². The van der Waals surface area contributed by atoms with Crippen LogP contribution in [0.3, 0.4) is 0 Å². The van der Waals surface area contributed by atoms with Crippen LogP contribution in [0.2, 0.25) is 5.02 Å². The summed E-state index contributed by atoms with van der Waals surface area (Å²) in [4.78, 5) is 23.0. The molecule has 0 fully saturated rings. The lowest BCUT2D eigenvalue weighted by atomic mass is 10.1. The van der Waals surface area contributed by atoms with Crippen LogP contribution in [-0.4, -0.2) is 30.8 Å². The minimum Gasteiger partial charge on any atom is -0.345 e. The molecule has 0 saturated carbocycles. The topological polar surface area (TPSA) is 98.2 Å². The molecule has 0 radical (unpaired) electrons. The van der Waals surface area contributed by atoms with Crippen LogP contribution >= 0.6 is 11.6 Å². The van der Waals surface area contributed by atoms with Crippen molar-refractivity contribution in [2.45, 2.75) is 37.8 Å². The van der Waals surface area contributed by atoms with Crippen LogP contribution in [0.4, 0.5) is 0 Å². The van der Waals surface area contributed by atoms with Gasteiger partial charge in [-0.15, -0.1) is 0 Å². The van der Waals surface area contributed by atoms with Crippen molar-refractivity contribution < 1.29 is 9.59 Å². The summed E-state index contributed by atoms with van der Waals surface area (Å²) in [6.45, 7) is 0.581. The van der Waals surface area contributed by atoms with Gasteiger partial charge in [0.05, 0.1) is 12.1 Å². The highest BCUT2D eigenvalue weighted by atomic mass is 35.5. The fourth-order valence-electron chi connectivity index (χ4n) is 1.96. The number of halogens is 1. The molecule has 2 atom stereocenters. The Bertz CT molecular complexity index is 468. The predicted molar refractivity (Wildman–Crippen MR) is 84.0 cm³/mol. The van der Waals surface area contributed by atoms with Gasteiger partial charge in [-0.1, -0.05) is 36.2 Å². The zero-order valence-electron chi connectivity index (χ0n) is 11.9. The van der Waals surface area contributed by atoms with Crippen molar-refractivity contribution in [1.29, 1.82) is 0 Å². The minimum absolute atomic E-state index is 0.323. The summed E-state index contributed by atoms with van der Waals surface area (Å²) in [5.41, 5.74) is 12.0. The molecular weight excluding hydrogens is 290 g/mol. The molecule has 0 aliphatic heterocycles. The van der Waals surface area contributed by atoms with Gasteiger partial charge < -0.3 is 21.6 Å². The molecular formula is C15H22ClN3O2. The molecule has 0 bridgehead atoms. The smallest absolute Gasteiger partial charge is 0.237 e. The maximum Gasteiger partial charge on any atom is 0.237 e.